The topological polar surface area (TPSA) is 41.4 Å². The summed E-state index contributed by atoms with van der Waals surface area (Å²) in [6, 6.07) is 37.3. The summed E-state index contributed by atoms with van der Waals surface area (Å²) in [6.07, 6.45) is 3.70. The van der Waals surface area contributed by atoms with Crippen molar-refractivity contribution >= 4 is 28.6 Å². The maximum absolute atomic E-state index is 4.94. The van der Waals surface area contributed by atoms with Crippen LogP contribution in [0.4, 0.5) is 0 Å². The van der Waals surface area contributed by atoms with Gasteiger partial charge >= 0.3 is 6.35 Å². The van der Waals surface area contributed by atoms with E-state index in [0.717, 1.165) is 44.8 Å². The first-order valence-electron chi connectivity index (χ1n) is 11.8. The highest BCUT2D eigenvalue weighted by Crippen LogP contribution is 2.50. The van der Waals surface area contributed by atoms with Gasteiger partial charge in [0, 0.05) is 30.4 Å². The second-order valence-electron chi connectivity index (χ2n) is 8.72. The van der Waals surface area contributed by atoms with Crippen LogP contribution < -0.4 is 11.2 Å². The number of hydrogen-bond donors (Lipinski definition) is 0. The molecule has 4 heterocycles. The molecule has 35 heavy (non-hydrogen) atoms. The largest absolute Gasteiger partial charge is 0.809 e. The third kappa shape index (κ3) is 3.28. The summed E-state index contributed by atoms with van der Waals surface area (Å²) in [4.78, 5) is 14.8. The van der Waals surface area contributed by atoms with Crippen LogP contribution in [0.1, 0.15) is 16.8 Å². The van der Waals surface area contributed by atoms with Gasteiger partial charge in [0.2, 0.25) is 5.75 Å². The standard InChI is InChI=1S/C30H24BN3O/c1-35-26-17-6-5-15-24(26)29(23-13-3-2-4-14-23)30(25-16-7-10-20-32-25)31(35,27-18-8-11-21-33-27)28-19-9-12-22-34-28/h2-22H,1H3. The van der Waals surface area contributed by atoms with E-state index in [9.17, 15) is 0 Å². The van der Waals surface area contributed by atoms with Gasteiger partial charge in [0.15, 0.2) is 0 Å². The summed E-state index contributed by atoms with van der Waals surface area (Å²) in [6.45, 7) is 0. The van der Waals surface area contributed by atoms with Gasteiger partial charge in [-0.2, -0.15) is 0 Å². The van der Waals surface area contributed by atoms with Crippen LogP contribution in [-0.2, 0) is 4.28 Å². The number of nitrogens with zero attached hydrogens (tertiary/aromatic N) is 3. The minimum atomic E-state index is -1.87. The highest BCUT2D eigenvalue weighted by Gasteiger charge is 2.54. The van der Waals surface area contributed by atoms with Crippen molar-refractivity contribution in [1.82, 2.24) is 15.0 Å². The van der Waals surface area contributed by atoms with Crippen molar-refractivity contribution in [3.63, 3.8) is 0 Å². The molecule has 0 unspecified atom stereocenters. The molecule has 0 saturated heterocycles. The molecule has 0 spiro atoms. The van der Waals surface area contributed by atoms with Crippen LogP contribution in [0.25, 0.3) is 11.0 Å². The number of fused-ring (bicyclic) bond motifs is 1. The normalized spacial score (nSPS) is 14.5. The SMILES string of the molecule is C[O+]1c2ccccc2C(c2ccccc2)=C(c2ccccn2)[B-]1(c1ccccn1)c1ccccn1. The lowest BCUT2D eigenvalue weighted by atomic mass is 9.28. The Balaban J connectivity index is 1.86. The van der Waals surface area contributed by atoms with E-state index in [0.29, 0.717) is 0 Å². The van der Waals surface area contributed by atoms with Crippen LogP contribution in [0, 0.1) is 0 Å². The van der Waals surface area contributed by atoms with Crippen molar-refractivity contribution in [2.45, 2.75) is 0 Å². The fourth-order valence-corrected chi connectivity index (χ4v) is 5.49. The summed E-state index contributed by atoms with van der Waals surface area (Å²) in [7, 11) is 2.08. The van der Waals surface area contributed by atoms with E-state index in [1.165, 1.54) is 0 Å². The third-order valence-electron chi connectivity index (χ3n) is 6.92. The minimum Gasteiger partial charge on any atom is -0.809 e. The molecule has 6 rings (SSSR count). The van der Waals surface area contributed by atoms with Crippen molar-refractivity contribution < 1.29 is 4.28 Å². The monoisotopic (exact) mass is 453 g/mol. The molecule has 5 aromatic rings. The Morgan fingerprint density at radius 1 is 0.571 bits per heavy atom. The number of aromatic nitrogens is 3. The second-order valence-corrected chi connectivity index (χ2v) is 8.72. The molecule has 0 amide bonds. The lowest BCUT2D eigenvalue weighted by Gasteiger charge is -2.53. The van der Waals surface area contributed by atoms with Crippen LogP contribution in [0.2, 0.25) is 0 Å². The number of hydrogen-bond acceptors (Lipinski definition) is 3. The second kappa shape index (κ2) is 8.69. The van der Waals surface area contributed by atoms with Crippen LogP contribution in [-0.4, -0.2) is 28.4 Å². The summed E-state index contributed by atoms with van der Waals surface area (Å²) >= 11 is 0. The van der Waals surface area contributed by atoms with Crippen molar-refractivity contribution in [1.29, 1.82) is 0 Å². The van der Waals surface area contributed by atoms with E-state index in [1.54, 1.807) is 0 Å². The Hall–Kier alpha value is -4.51. The molecule has 0 saturated carbocycles. The summed E-state index contributed by atoms with van der Waals surface area (Å²) in [5.74, 6) is 1.06. The molecule has 2 aromatic carbocycles. The Kier molecular flexibility index (Phi) is 5.23. The van der Waals surface area contributed by atoms with E-state index < -0.39 is 6.35 Å². The molecular weight excluding hydrogens is 429 g/mol. The molecule has 0 aliphatic carbocycles. The predicted octanol–water partition coefficient (Wildman–Crippen LogP) is 5.04. The molecule has 1 aliphatic heterocycles. The molecule has 5 heteroatoms. The maximum Gasteiger partial charge on any atom is 0.451 e. The maximum atomic E-state index is 4.94. The number of pyridine rings is 3. The molecule has 168 valence electrons. The van der Waals surface area contributed by atoms with Gasteiger partial charge in [-0.25, -0.2) is 0 Å². The van der Waals surface area contributed by atoms with Crippen LogP contribution in [0.3, 0.4) is 0 Å². The lowest BCUT2D eigenvalue weighted by Crippen LogP contribution is -2.68. The Morgan fingerprint density at radius 3 is 1.74 bits per heavy atom. The van der Waals surface area contributed by atoms with Crippen LogP contribution >= 0.6 is 0 Å². The van der Waals surface area contributed by atoms with Crippen molar-refractivity contribution in [2.75, 3.05) is 7.11 Å². The highest BCUT2D eigenvalue weighted by molar-refractivity contribution is 7.12. The summed E-state index contributed by atoms with van der Waals surface area (Å²) in [5.41, 5.74) is 7.23. The Morgan fingerprint density at radius 2 is 1.14 bits per heavy atom. The number of benzene rings is 2. The van der Waals surface area contributed by atoms with Crippen molar-refractivity contribution in [3.8, 4) is 5.75 Å². The molecule has 0 N–H and O–H groups in total. The van der Waals surface area contributed by atoms with Gasteiger partial charge in [-0.15, -0.1) is 0 Å². The van der Waals surface area contributed by atoms with E-state index >= 15 is 0 Å². The van der Waals surface area contributed by atoms with Crippen molar-refractivity contribution in [2.24, 2.45) is 0 Å². The molecule has 0 bridgehead atoms. The first-order chi connectivity index (χ1) is 17.3. The van der Waals surface area contributed by atoms with E-state index in [1.807, 2.05) is 55.0 Å². The van der Waals surface area contributed by atoms with E-state index in [-0.39, 0.29) is 0 Å². The zero-order valence-electron chi connectivity index (χ0n) is 19.5. The highest BCUT2D eigenvalue weighted by atomic mass is 16.6. The molecule has 0 radical (unpaired) electrons. The zero-order valence-corrected chi connectivity index (χ0v) is 19.5. The van der Waals surface area contributed by atoms with Gasteiger partial charge in [-0.1, -0.05) is 78.3 Å². The molecule has 1 aliphatic rings. The quantitative estimate of drug-likeness (QED) is 0.283. The van der Waals surface area contributed by atoms with Crippen molar-refractivity contribution in [3.05, 3.63) is 145 Å². The van der Waals surface area contributed by atoms with Gasteiger partial charge in [-0.05, 0) is 52.7 Å². The molecule has 4 nitrogen and oxygen atoms in total. The first-order valence-corrected chi connectivity index (χ1v) is 11.8. The first kappa shape index (κ1) is 21.1. The Bertz CT molecular complexity index is 1450. The van der Waals surface area contributed by atoms with Gasteiger partial charge in [-0.3, -0.25) is 15.0 Å². The summed E-state index contributed by atoms with van der Waals surface area (Å²) in [5, 5.41) is 0. The average Bonchev–Trinajstić information content (AvgIpc) is 2.95. The van der Waals surface area contributed by atoms with Gasteiger partial charge in [0.25, 0.3) is 0 Å². The van der Waals surface area contributed by atoms with E-state index in [2.05, 4.69) is 84.2 Å². The fraction of sp³-hybridized carbons (Fsp3) is 0.0333. The zero-order chi connectivity index (χ0) is 23.7. The Labute approximate surface area is 205 Å². The molecule has 0 atom stereocenters. The predicted molar refractivity (Wildman–Crippen MR) is 143 cm³/mol. The molecule has 3 aromatic heterocycles. The van der Waals surface area contributed by atoms with E-state index in [4.69, 9.17) is 15.0 Å². The van der Waals surface area contributed by atoms with Crippen LogP contribution in [0.5, 0.6) is 5.75 Å². The third-order valence-corrected chi connectivity index (χ3v) is 6.92. The average molecular weight is 453 g/mol. The van der Waals surface area contributed by atoms with Crippen LogP contribution in [0.15, 0.2) is 128 Å². The minimum absolute atomic E-state index is 0.900. The number of para-hydroxylation sites is 1. The molecular formula is C30H24BN3O. The van der Waals surface area contributed by atoms with Gasteiger partial charge in [0.05, 0.1) is 5.56 Å². The lowest BCUT2D eigenvalue weighted by molar-refractivity contribution is 0.172. The fourth-order valence-electron chi connectivity index (χ4n) is 5.49. The number of rotatable bonds is 4. The molecule has 0 fully saturated rings. The smallest absolute Gasteiger partial charge is 0.451 e. The van der Waals surface area contributed by atoms with Gasteiger partial charge in [0.1, 0.15) is 7.11 Å². The van der Waals surface area contributed by atoms with Gasteiger partial charge < -0.3 is 4.28 Å². The summed E-state index contributed by atoms with van der Waals surface area (Å²) < 4.78 is 3.49.